The molecule has 3 N–H and O–H groups in total. The first-order valence-corrected chi connectivity index (χ1v) is 9.20. The molecule has 0 bridgehead atoms. The highest BCUT2D eigenvalue weighted by Crippen LogP contribution is 2.39. The summed E-state index contributed by atoms with van der Waals surface area (Å²) < 4.78 is 4.30. The van der Waals surface area contributed by atoms with Crippen LogP contribution >= 0.6 is 22.9 Å². The molecule has 2 aromatic rings. The van der Waals surface area contributed by atoms with Crippen LogP contribution in [-0.2, 0) is 0 Å². The lowest BCUT2D eigenvalue weighted by molar-refractivity contribution is 0.300. The number of thiazole rings is 1. The summed E-state index contributed by atoms with van der Waals surface area (Å²) in [5.74, 6) is 2.26. The van der Waals surface area contributed by atoms with Crippen LogP contribution in [-0.4, -0.2) is 15.9 Å². The molecule has 1 fully saturated rings. The number of hydrogen-bond donors (Lipinski definition) is 2. The minimum atomic E-state index is 0.592. The number of nitrogens with two attached hydrogens (primary N) is 1. The highest BCUT2D eigenvalue weighted by atomic mass is 32.1. The van der Waals surface area contributed by atoms with Crippen LogP contribution in [0.15, 0.2) is 5.38 Å². The van der Waals surface area contributed by atoms with Gasteiger partial charge >= 0.3 is 0 Å². The second kappa shape index (κ2) is 6.32. The van der Waals surface area contributed by atoms with Gasteiger partial charge in [-0.15, -0.1) is 11.3 Å². The van der Waals surface area contributed by atoms with Crippen LogP contribution in [0.1, 0.15) is 38.3 Å². The van der Waals surface area contributed by atoms with Gasteiger partial charge in [0.2, 0.25) is 0 Å². The van der Waals surface area contributed by atoms with E-state index in [-0.39, 0.29) is 0 Å². The molecule has 6 heteroatoms. The van der Waals surface area contributed by atoms with Gasteiger partial charge in [-0.1, -0.05) is 19.8 Å². The smallest absolute Gasteiger partial charge is 0.149 e. The quantitative estimate of drug-likeness (QED) is 0.876. The van der Waals surface area contributed by atoms with Crippen LogP contribution in [0.3, 0.4) is 0 Å². The van der Waals surface area contributed by atoms with E-state index in [1.165, 1.54) is 37.2 Å². The second-order valence-corrected chi connectivity index (χ2v) is 7.70. The zero-order chi connectivity index (χ0) is 14.8. The number of nitrogen functional groups attached to an aromatic ring is 1. The molecule has 0 radical (unpaired) electrons. The number of anilines is 2. The molecule has 0 aromatic carbocycles. The average Bonchev–Trinajstić information content (AvgIpc) is 3.04. The van der Waals surface area contributed by atoms with E-state index in [0.717, 1.165) is 39.6 Å². The fourth-order valence-corrected chi connectivity index (χ4v) is 4.51. The maximum Gasteiger partial charge on any atom is 0.149 e. The first-order valence-electron chi connectivity index (χ1n) is 7.55. The van der Waals surface area contributed by atoms with E-state index in [1.807, 2.05) is 6.92 Å². The predicted molar refractivity (Wildman–Crippen MR) is 92.0 cm³/mol. The fraction of sp³-hybridized carbons (Fsp3) is 0.600. The molecule has 114 valence electrons. The summed E-state index contributed by atoms with van der Waals surface area (Å²) in [6.07, 6.45) is 5.37. The van der Waals surface area contributed by atoms with Crippen molar-refractivity contribution in [1.29, 1.82) is 0 Å². The number of nitrogens with one attached hydrogen (secondary N) is 1. The summed E-state index contributed by atoms with van der Waals surface area (Å²) in [5.41, 5.74) is 8.06. The Bertz CT molecular complexity index is 597. The van der Waals surface area contributed by atoms with Crippen molar-refractivity contribution in [3.05, 3.63) is 11.1 Å². The molecule has 0 unspecified atom stereocenters. The van der Waals surface area contributed by atoms with Crippen LogP contribution in [0.5, 0.6) is 0 Å². The third kappa shape index (κ3) is 3.37. The van der Waals surface area contributed by atoms with Crippen molar-refractivity contribution in [2.45, 2.75) is 39.5 Å². The molecular formula is C15H22N4S2. The summed E-state index contributed by atoms with van der Waals surface area (Å²) in [7, 11) is 0. The summed E-state index contributed by atoms with van der Waals surface area (Å²) in [4.78, 5) is 4.54. The highest BCUT2D eigenvalue weighted by Gasteiger charge is 2.20. The number of hydrogen-bond acceptors (Lipinski definition) is 6. The van der Waals surface area contributed by atoms with Gasteiger partial charge in [0, 0.05) is 17.6 Å². The third-order valence-electron chi connectivity index (χ3n) is 4.24. The summed E-state index contributed by atoms with van der Waals surface area (Å²) in [5, 5.41) is 7.66. The Balaban J connectivity index is 1.69. The first kappa shape index (κ1) is 14.8. The Hall–Kier alpha value is -1.14. The zero-order valence-electron chi connectivity index (χ0n) is 12.6. The largest absolute Gasteiger partial charge is 0.382 e. The van der Waals surface area contributed by atoms with E-state index >= 15 is 0 Å². The monoisotopic (exact) mass is 322 g/mol. The SMILES string of the molecule is Cc1csc(-c2c(N)nsc2NCC2CCC(C)CC2)n1. The van der Waals surface area contributed by atoms with E-state index in [2.05, 4.69) is 27.0 Å². The number of aryl methyl sites for hydroxylation is 1. The lowest BCUT2D eigenvalue weighted by Crippen LogP contribution is -2.20. The maximum atomic E-state index is 6.04. The van der Waals surface area contributed by atoms with Crippen molar-refractivity contribution in [2.75, 3.05) is 17.6 Å². The predicted octanol–water partition coefficient (Wildman–Crippen LogP) is 4.40. The Morgan fingerprint density at radius 1 is 1.33 bits per heavy atom. The summed E-state index contributed by atoms with van der Waals surface area (Å²) in [6.45, 7) is 5.38. The normalized spacial score (nSPS) is 22.4. The molecule has 4 nitrogen and oxygen atoms in total. The van der Waals surface area contributed by atoms with Crippen LogP contribution in [0, 0.1) is 18.8 Å². The van der Waals surface area contributed by atoms with E-state index in [4.69, 9.17) is 5.73 Å². The van der Waals surface area contributed by atoms with Gasteiger partial charge < -0.3 is 11.1 Å². The molecule has 1 aliphatic rings. The average molecular weight is 323 g/mol. The number of rotatable bonds is 4. The molecule has 3 rings (SSSR count). The van der Waals surface area contributed by atoms with Crippen molar-refractivity contribution in [3.8, 4) is 10.6 Å². The molecular weight excluding hydrogens is 300 g/mol. The van der Waals surface area contributed by atoms with Gasteiger partial charge in [0.05, 0.1) is 5.56 Å². The van der Waals surface area contributed by atoms with Crippen molar-refractivity contribution < 1.29 is 0 Å². The Morgan fingerprint density at radius 2 is 2.10 bits per heavy atom. The van der Waals surface area contributed by atoms with Gasteiger partial charge in [0.1, 0.15) is 15.8 Å². The van der Waals surface area contributed by atoms with Crippen LogP contribution < -0.4 is 11.1 Å². The highest BCUT2D eigenvalue weighted by molar-refractivity contribution is 7.15. The standard InChI is InChI=1S/C15H22N4S2/c1-9-3-5-11(6-4-9)7-17-14-12(13(16)19-21-14)15-18-10(2)8-20-15/h8-9,11,17H,3-7H2,1-2H3,(H2,16,19). The molecule has 2 heterocycles. The second-order valence-electron chi connectivity index (χ2n) is 6.07. The Morgan fingerprint density at radius 3 is 2.76 bits per heavy atom. The lowest BCUT2D eigenvalue weighted by Gasteiger charge is -2.26. The van der Waals surface area contributed by atoms with Crippen LogP contribution in [0.2, 0.25) is 0 Å². The van der Waals surface area contributed by atoms with Gasteiger partial charge in [-0.2, -0.15) is 4.37 Å². The fourth-order valence-electron chi connectivity index (χ4n) is 2.87. The van der Waals surface area contributed by atoms with Gasteiger partial charge in [0.25, 0.3) is 0 Å². The van der Waals surface area contributed by atoms with Gasteiger partial charge in [-0.25, -0.2) is 4.98 Å². The van der Waals surface area contributed by atoms with Gasteiger partial charge in [-0.05, 0) is 43.1 Å². The topological polar surface area (TPSA) is 63.8 Å². The molecule has 1 saturated carbocycles. The minimum Gasteiger partial charge on any atom is -0.382 e. The maximum absolute atomic E-state index is 6.04. The molecule has 1 aliphatic carbocycles. The van der Waals surface area contributed by atoms with Crippen molar-refractivity contribution >= 4 is 33.7 Å². The van der Waals surface area contributed by atoms with E-state index in [0.29, 0.717) is 5.82 Å². The van der Waals surface area contributed by atoms with Crippen LogP contribution in [0.25, 0.3) is 10.6 Å². The molecule has 0 amide bonds. The van der Waals surface area contributed by atoms with Crippen molar-refractivity contribution in [1.82, 2.24) is 9.36 Å². The Labute approximate surface area is 134 Å². The lowest BCUT2D eigenvalue weighted by atomic mass is 9.83. The van der Waals surface area contributed by atoms with E-state index in [1.54, 1.807) is 11.3 Å². The number of aromatic nitrogens is 2. The summed E-state index contributed by atoms with van der Waals surface area (Å²) >= 11 is 3.08. The van der Waals surface area contributed by atoms with E-state index < -0.39 is 0 Å². The zero-order valence-corrected chi connectivity index (χ0v) is 14.2. The molecule has 21 heavy (non-hydrogen) atoms. The van der Waals surface area contributed by atoms with Crippen molar-refractivity contribution in [3.63, 3.8) is 0 Å². The molecule has 0 aliphatic heterocycles. The number of nitrogens with zero attached hydrogens (tertiary/aromatic N) is 2. The van der Waals surface area contributed by atoms with E-state index in [9.17, 15) is 0 Å². The third-order valence-corrected chi connectivity index (χ3v) is 6.03. The van der Waals surface area contributed by atoms with Gasteiger partial charge in [0.15, 0.2) is 0 Å². The van der Waals surface area contributed by atoms with Gasteiger partial charge in [-0.3, -0.25) is 0 Å². The molecule has 2 aromatic heterocycles. The van der Waals surface area contributed by atoms with Crippen LogP contribution in [0.4, 0.5) is 10.8 Å². The molecule has 0 spiro atoms. The first-order chi connectivity index (χ1) is 10.1. The minimum absolute atomic E-state index is 0.592. The Kier molecular flexibility index (Phi) is 4.45. The molecule has 0 saturated heterocycles. The molecule has 0 atom stereocenters. The summed E-state index contributed by atoms with van der Waals surface area (Å²) in [6, 6.07) is 0. The van der Waals surface area contributed by atoms with Crippen molar-refractivity contribution in [2.24, 2.45) is 11.8 Å².